The topological polar surface area (TPSA) is 83.7 Å². The van der Waals surface area contributed by atoms with Gasteiger partial charge < -0.3 is 9.42 Å². The van der Waals surface area contributed by atoms with Crippen molar-refractivity contribution in [2.24, 2.45) is 0 Å². The molecule has 0 radical (unpaired) electrons. The summed E-state index contributed by atoms with van der Waals surface area (Å²) in [6.45, 7) is 8.21. The number of aryl methyl sites for hydroxylation is 2. The highest BCUT2D eigenvalue weighted by Gasteiger charge is 2.22. The van der Waals surface area contributed by atoms with Crippen LogP contribution in [0.25, 0.3) is 11.4 Å². The van der Waals surface area contributed by atoms with E-state index in [2.05, 4.69) is 37.1 Å². The Kier molecular flexibility index (Phi) is 4.44. The summed E-state index contributed by atoms with van der Waals surface area (Å²) in [5.41, 5.74) is 3.97. The van der Waals surface area contributed by atoms with Crippen LogP contribution in [0.5, 0.6) is 0 Å². The minimum absolute atomic E-state index is 0.00409. The Bertz CT molecular complexity index is 856. The quantitative estimate of drug-likeness (QED) is 0.772. The number of hydrogen-bond donors (Lipinski definition) is 1. The number of nitrogens with one attached hydrogen (secondary N) is 1. The van der Waals surface area contributed by atoms with Gasteiger partial charge in [-0.2, -0.15) is 10.1 Å². The van der Waals surface area contributed by atoms with Crippen LogP contribution in [0.15, 0.2) is 22.9 Å². The van der Waals surface area contributed by atoms with Gasteiger partial charge in [-0.3, -0.25) is 5.10 Å². The molecule has 7 nitrogen and oxygen atoms in total. The van der Waals surface area contributed by atoms with Crippen LogP contribution in [0.2, 0.25) is 0 Å². The number of H-pyrrole nitrogens is 1. The summed E-state index contributed by atoms with van der Waals surface area (Å²) in [4.78, 5) is 11.5. The highest BCUT2D eigenvalue weighted by atomic mass is 16.5. The highest BCUT2D eigenvalue weighted by Crippen LogP contribution is 2.29. The van der Waals surface area contributed by atoms with E-state index in [1.807, 2.05) is 32.2 Å². The number of hydrogen-bond acceptors (Lipinski definition) is 6. The molecular formula is C19H24N6O. The van der Waals surface area contributed by atoms with E-state index in [1.165, 1.54) is 19.3 Å². The third-order valence-corrected chi connectivity index (χ3v) is 5.12. The first kappa shape index (κ1) is 16.8. The molecule has 26 heavy (non-hydrogen) atoms. The van der Waals surface area contributed by atoms with Gasteiger partial charge in [0.25, 0.3) is 0 Å². The maximum atomic E-state index is 5.52. The lowest BCUT2D eigenvalue weighted by molar-refractivity contribution is 0.370. The first-order chi connectivity index (χ1) is 12.6. The lowest BCUT2D eigenvalue weighted by atomic mass is 9.99. The van der Waals surface area contributed by atoms with E-state index in [0.29, 0.717) is 11.7 Å². The Morgan fingerprint density at radius 3 is 2.62 bits per heavy atom. The number of nitrogens with zero attached hydrogens (tertiary/aromatic N) is 5. The third kappa shape index (κ3) is 3.09. The van der Waals surface area contributed by atoms with Crippen molar-refractivity contribution in [2.45, 2.75) is 46.0 Å². The fraction of sp³-hybridized carbons (Fsp3) is 0.474. The molecule has 0 amide bonds. The van der Waals surface area contributed by atoms with Gasteiger partial charge in [0, 0.05) is 36.1 Å². The smallest absolute Gasteiger partial charge is 0.234 e. The van der Waals surface area contributed by atoms with Crippen LogP contribution >= 0.6 is 0 Å². The van der Waals surface area contributed by atoms with E-state index in [1.54, 1.807) is 0 Å². The molecule has 4 heterocycles. The van der Waals surface area contributed by atoms with Gasteiger partial charge in [0.05, 0.1) is 11.6 Å². The Morgan fingerprint density at radius 1 is 1.15 bits per heavy atom. The van der Waals surface area contributed by atoms with E-state index < -0.39 is 0 Å². The Balaban J connectivity index is 1.54. The molecule has 3 aromatic heterocycles. The number of anilines is 1. The fourth-order valence-electron chi connectivity index (χ4n) is 3.68. The van der Waals surface area contributed by atoms with Crippen LogP contribution < -0.4 is 4.90 Å². The molecule has 1 atom stereocenters. The average molecular weight is 352 g/mol. The van der Waals surface area contributed by atoms with Crippen LogP contribution in [0.4, 0.5) is 5.82 Å². The zero-order chi connectivity index (χ0) is 18.1. The van der Waals surface area contributed by atoms with Crippen molar-refractivity contribution in [1.29, 1.82) is 0 Å². The number of rotatable bonds is 4. The monoisotopic (exact) mass is 352 g/mol. The van der Waals surface area contributed by atoms with Crippen molar-refractivity contribution in [3.8, 4) is 11.4 Å². The summed E-state index contributed by atoms with van der Waals surface area (Å²) in [6, 6.07) is 4.06. The Labute approximate surface area is 152 Å². The summed E-state index contributed by atoms with van der Waals surface area (Å²) in [7, 11) is 0. The van der Waals surface area contributed by atoms with Crippen LogP contribution in [0.3, 0.4) is 0 Å². The molecule has 7 heteroatoms. The molecule has 4 rings (SSSR count). The normalized spacial score (nSPS) is 16.0. The van der Waals surface area contributed by atoms with E-state index in [4.69, 9.17) is 4.52 Å². The highest BCUT2D eigenvalue weighted by molar-refractivity contribution is 5.56. The molecule has 0 aliphatic carbocycles. The molecule has 1 saturated heterocycles. The maximum Gasteiger partial charge on any atom is 0.234 e. The molecule has 1 aliphatic rings. The molecule has 1 unspecified atom stereocenters. The Morgan fingerprint density at radius 2 is 1.96 bits per heavy atom. The van der Waals surface area contributed by atoms with Gasteiger partial charge in [0.2, 0.25) is 11.7 Å². The van der Waals surface area contributed by atoms with E-state index in [-0.39, 0.29) is 5.92 Å². The fourth-order valence-corrected chi connectivity index (χ4v) is 3.68. The van der Waals surface area contributed by atoms with Crippen molar-refractivity contribution in [1.82, 2.24) is 25.3 Å². The summed E-state index contributed by atoms with van der Waals surface area (Å²) >= 11 is 0. The molecule has 0 aromatic carbocycles. The molecule has 3 aromatic rings. The molecule has 1 N–H and O–H groups in total. The summed E-state index contributed by atoms with van der Waals surface area (Å²) in [5.74, 6) is 2.18. The molecule has 136 valence electrons. The minimum Gasteiger partial charge on any atom is -0.357 e. The first-order valence-corrected chi connectivity index (χ1v) is 9.20. The third-order valence-electron chi connectivity index (χ3n) is 5.12. The summed E-state index contributed by atoms with van der Waals surface area (Å²) in [6.07, 6.45) is 5.62. The predicted octanol–water partition coefficient (Wildman–Crippen LogP) is 3.61. The van der Waals surface area contributed by atoms with Gasteiger partial charge in [-0.15, -0.1) is 0 Å². The SMILES string of the molecule is Cc1n[nH]c(C)c1C(C)c1nc(-c2ccc(N3CCCCC3)nc2)no1. The molecule has 0 saturated carbocycles. The van der Waals surface area contributed by atoms with Gasteiger partial charge in [-0.05, 0) is 52.2 Å². The van der Waals surface area contributed by atoms with E-state index >= 15 is 0 Å². The van der Waals surface area contributed by atoms with Crippen LogP contribution in [0, 0.1) is 13.8 Å². The van der Waals surface area contributed by atoms with Crippen LogP contribution in [-0.4, -0.2) is 38.4 Å². The Hall–Kier alpha value is -2.70. The summed E-state index contributed by atoms with van der Waals surface area (Å²) < 4.78 is 5.52. The lowest BCUT2D eigenvalue weighted by Gasteiger charge is -2.27. The van der Waals surface area contributed by atoms with Crippen molar-refractivity contribution in [3.63, 3.8) is 0 Å². The number of aromatic amines is 1. The molecule has 0 bridgehead atoms. The second kappa shape index (κ2) is 6.90. The van der Waals surface area contributed by atoms with E-state index in [0.717, 1.165) is 41.4 Å². The van der Waals surface area contributed by atoms with Crippen LogP contribution in [-0.2, 0) is 0 Å². The van der Waals surface area contributed by atoms with Gasteiger partial charge in [-0.25, -0.2) is 4.98 Å². The van der Waals surface area contributed by atoms with Crippen molar-refractivity contribution in [2.75, 3.05) is 18.0 Å². The standard InChI is InChI=1S/C19H24N6O/c1-12(17-13(2)22-23-14(17)3)19-21-18(24-26-19)15-7-8-16(20-11-15)25-9-5-4-6-10-25/h7-8,11-12H,4-6,9-10H2,1-3H3,(H,22,23). The van der Waals surface area contributed by atoms with Gasteiger partial charge >= 0.3 is 0 Å². The van der Waals surface area contributed by atoms with Gasteiger partial charge in [0.1, 0.15) is 5.82 Å². The van der Waals surface area contributed by atoms with Crippen molar-refractivity contribution >= 4 is 5.82 Å². The minimum atomic E-state index is -0.00409. The zero-order valence-corrected chi connectivity index (χ0v) is 15.5. The largest absolute Gasteiger partial charge is 0.357 e. The van der Waals surface area contributed by atoms with Crippen molar-refractivity contribution < 1.29 is 4.52 Å². The molecule has 1 aliphatic heterocycles. The predicted molar refractivity (Wildman–Crippen MR) is 99.2 cm³/mol. The van der Waals surface area contributed by atoms with E-state index in [9.17, 15) is 0 Å². The second-order valence-corrected chi connectivity index (χ2v) is 6.98. The number of pyridine rings is 1. The number of piperidine rings is 1. The first-order valence-electron chi connectivity index (χ1n) is 9.20. The van der Waals surface area contributed by atoms with Crippen molar-refractivity contribution in [3.05, 3.63) is 41.2 Å². The number of aromatic nitrogens is 5. The average Bonchev–Trinajstić information content (AvgIpc) is 3.29. The second-order valence-electron chi connectivity index (χ2n) is 6.98. The summed E-state index contributed by atoms with van der Waals surface area (Å²) in [5, 5.41) is 11.4. The lowest BCUT2D eigenvalue weighted by Crippen LogP contribution is -2.29. The molecule has 1 fully saturated rings. The molecular weight excluding hydrogens is 328 g/mol. The van der Waals surface area contributed by atoms with Crippen LogP contribution in [0.1, 0.15) is 54.9 Å². The van der Waals surface area contributed by atoms with Gasteiger partial charge in [-0.1, -0.05) is 5.16 Å². The molecule has 0 spiro atoms. The van der Waals surface area contributed by atoms with Gasteiger partial charge in [0.15, 0.2) is 0 Å². The maximum absolute atomic E-state index is 5.52. The zero-order valence-electron chi connectivity index (χ0n) is 15.5.